The van der Waals surface area contributed by atoms with E-state index in [1.54, 1.807) is 25.2 Å². The first kappa shape index (κ1) is 20.6. The van der Waals surface area contributed by atoms with Crippen molar-refractivity contribution < 1.29 is 31.6 Å². The quantitative estimate of drug-likeness (QED) is 0.550. The third kappa shape index (κ3) is 6.57. The third-order valence-corrected chi connectivity index (χ3v) is 4.27. The zero-order valence-electron chi connectivity index (χ0n) is 14.9. The molecule has 0 aromatic heterocycles. The summed E-state index contributed by atoms with van der Waals surface area (Å²) in [4.78, 5) is 13.8. The van der Waals surface area contributed by atoms with Crippen LogP contribution in [0.2, 0.25) is 0 Å². The molecule has 0 heterocycles. The van der Waals surface area contributed by atoms with Crippen LogP contribution in [0.15, 0.2) is 18.2 Å². The molecule has 0 radical (unpaired) electrons. The second kappa shape index (κ2) is 10.4. The van der Waals surface area contributed by atoms with Gasteiger partial charge in [0.25, 0.3) is 0 Å². The molecule has 1 aromatic rings. The molecule has 136 valence electrons. The van der Waals surface area contributed by atoms with Crippen LogP contribution < -0.4 is 32.1 Å². The van der Waals surface area contributed by atoms with Crippen molar-refractivity contribution in [2.75, 3.05) is 39.2 Å². The fraction of sp³-hybridized carbons (Fsp3) is 0.611. The number of halogens is 1. The fourth-order valence-corrected chi connectivity index (χ4v) is 2.82. The van der Waals surface area contributed by atoms with Gasteiger partial charge >= 0.3 is 0 Å². The molecule has 5 nitrogen and oxygen atoms in total. The van der Waals surface area contributed by atoms with Gasteiger partial charge in [-0.3, -0.25) is 4.79 Å². The van der Waals surface area contributed by atoms with Gasteiger partial charge in [0.05, 0.1) is 46.0 Å². The maximum absolute atomic E-state index is 12.2. The van der Waals surface area contributed by atoms with E-state index in [4.69, 9.17) is 9.47 Å². The topological polar surface area (TPSA) is 52.0 Å². The maximum Gasteiger partial charge on any atom is 0.230 e. The average Bonchev–Trinajstić information content (AvgIpc) is 3.37. The van der Waals surface area contributed by atoms with E-state index in [1.807, 2.05) is 12.1 Å². The summed E-state index contributed by atoms with van der Waals surface area (Å²) in [5.41, 5.74) is 0.692. The lowest BCUT2D eigenvalue weighted by atomic mass is 10.2. The third-order valence-electron chi connectivity index (χ3n) is 4.27. The molecule has 0 bridgehead atoms. The van der Waals surface area contributed by atoms with Gasteiger partial charge in [-0.2, -0.15) is 0 Å². The van der Waals surface area contributed by atoms with Crippen LogP contribution in [-0.4, -0.2) is 39.8 Å². The predicted molar refractivity (Wildman–Crippen MR) is 91.4 cm³/mol. The van der Waals surface area contributed by atoms with Crippen molar-refractivity contribution in [2.45, 2.75) is 32.6 Å². The molecule has 1 saturated carbocycles. The van der Waals surface area contributed by atoms with Crippen LogP contribution in [0.5, 0.6) is 11.5 Å². The van der Waals surface area contributed by atoms with Crippen molar-refractivity contribution in [1.29, 1.82) is 0 Å². The van der Waals surface area contributed by atoms with Crippen LogP contribution in [0.3, 0.4) is 0 Å². The van der Waals surface area contributed by atoms with Crippen LogP contribution in [0.25, 0.3) is 0 Å². The molecular formula is C18H29ClN2O3. The lowest BCUT2D eigenvalue weighted by Gasteiger charge is -2.18. The van der Waals surface area contributed by atoms with Gasteiger partial charge in [-0.25, -0.2) is 0 Å². The average molecular weight is 357 g/mol. The molecule has 1 aliphatic rings. The Hall–Kier alpha value is -1.46. The van der Waals surface area contributed by atoms with Crippen molar-refractivity contribution in [2.24, 2.45) is 5.92 Å². The fourth-order valence-electron chi connectivity index (χ4n) is 2.82. The van der Waals surface area contributed by atoms with E-state index in [-0.39, 0.29) is 18.3 Å². The minimum atomic E-state index is 0. The van der Waals surface area contributed by atoms with Crippen LogP contribution in [0.1, 0.15) is 32.6 Å². The first-order valence-electron chi connectivity index (χ1n) is 8.51. The number of benzene rings is 1. The standard InChI is InChI=1S/C18H28N2O3.ClH/c1-4-10-20(13-14-5-6-14)11-9-18(21)19-16-8-7-15(22-2)12-17(16)23-3;/h7-8,12,14H,4-6,9-11,13H2,1-3H3,(H,19,21);1H. The van der Waals surface area contributed by atoms with Gasteiger partial charge in [-0.05, 0) is 31.4 Å². The Labute approximate surface area is 151 Å². The Morgan fingerprint density at radius 1 is 1.25 bits per heavy atom. The number of ether oxygens (including phenoxy) is 2. The molecule has 1 unspecified atom stereocenters. The van der Waals surface area contributed by atoms with Crippen molar-refractivity contribution in [3.8, 4) is 11.5 Å². The highest BCUT2D eigenvalue weighted by Gasteiger charge is 2.26. The molecule has 0 spiro atoms. The van der Waals surface area contributed by atoms with E-state index in [0.717, 1.165) is 25.4 Å². The predicted octanol–water partition coefficient (Wildman–Crippen LogP) is -1.26. The van der Waals surface area contributed by atoms with Crippen molar-refractivity contribution in [3.63, 3.8) is 0 Å². The minimum absolute atomic E-state index is 0. The minimum Gasteiger partial charge on any atom is -1.00 e. The number of quaternary nitrogens is 1. The smallest absolute Gasteiger partial charge is 0.230 e. The monoisotopic (exact) mass is 356 g/mol. The summed E-state index contributed by atoms with van der Waals surface area (Å²) in [5, 5.41) is 2.95. The number of methoxy groups -OCH3 is 2. The number of hydrogen-bond donors (Lipinski definition) is 2. The van der Waals surface area contributed by atoms with E-state index in [9.17, 15) is 4.79 Å². The van der Waals surface area contributed by atoms with E-state index in [0.29, 0.717) is 23.6 Å². The zero-order chi connectivity index (χ0) is 16.7. The normalized spacial score (nSPS) is 14.5. The number of carbonyl (C=O) groups is 1. The first-order chi connectivity index (χ1) is 11.2. The Kier molecular flexibility index (Phi) is 8.93. The van der Waals surface area contributed by atoms with Gasteiger partial charge in [0.15, 0.2) is 0 Å². The van der Waals surface area contributed by atoms with E-state index < -0.39 is 0 Å². The van der Waals surface area contributed by atoms with Crippen LogP contribution in [-0.2, 0) is 4.79 Å². The Morgan fingerprint density at radius 3 is 2.58 bits per heavy atom. The van der Waals surface area contributed by atoms with Crippen LogP contribution >= 0.6 is 0 Å². The second-order valence-corrected chi connectivity index (χ2v) is 6.26. The van der Waals surface area contributed by atoms with Gasteiger partial charge in [0, 0.05) is 12.0 Å². The summed E-state index contributed by atoms with van der Waals surface area (Å²) in [6.07, 6.45) is 4.43. The zero-order valence-corrected chi connectivity index (χ0v) is 15.6. The molecule has 1 amide bonds. The number of nitrogens with one attached hydrogen (secondary N) is 2. The van der Waals surface area contributed by atoms with Gasteiger partial charge in [0.1, 0.15) is 11.5 Å². The van der Waals surface area contributed by atoms with Crippen molar-refractivity contribution >= 4 is 11.6 Å². The number of amides is 1. The molecule has 1 atom stereocenters. The van der Waals surface area contributed by atoms with E-state index in [2.05, 4.69) is 12.2 Å². The Morgan fingerprint density at radius 2 is 2.00 bits per heavy atom. The van der Waals surface area contributed by atoms with Gasteiger partial charge in [0.2, 0.25) is 5.91 Å². The highest BCUT2D eigenvalue weighted by Crippen LogP contribution is 2.29. The molecule has 2 rings (SSSR count). The summed E-state index contributed by atoms with van der Waals surface area (Å²) in [5.74, 6) is 2.26. The molecular weight excluding hydrogens is 328 g/mol. The Bertz CT molecular complexity index is 521. The Balaban J connectivity index is 0.00000288. The summed E-state index contributed by atoms with van der Waals surface area (Å²) in [6, 6.07) is 5.41. The van der Waals surface area contributed by atoms with Gasteiger partial charge in [-0.15, -0.1) is 0 Å². The highest BCUT2D eigenvalue weighted by atomic mass is 35.5. The SMILES string of the molecule is CCC[NH+](CCC(=O)Nc1ccc(OC)cc1OC)CC1CC1.[Cl-]. The van der Waals surface area contributed by atoms with Gasteiger partial charge in [-0.1, -0.05) is 6.92 Å². The summed E-state index contributed by atoms with van der Waals surface area (Å²) in [7, 11) is 3.20. The molecule has 0 aliphatic heterocycles. The number of hydrogen-bond acceptors (Lipinski definition) is 3. The number of rotatable bonds is 10. The molecule has 6 heteroatoms. The van der Waals surface area contributed by atoms with Gasteiger partial charge < -0.3 is 32.1 Å². The number of carbonyl (C=O) groups excluding carboxylic acids is 1. The van der Waals surface area contributed by atoms with Crippen LogP contribution in [0, 0.1) is 5.92 Å². The lowest BCUT2D eigenvalue weighted by molar-refractivity contribution is -0.901. The molecule has 0 saturated heterocycles. The second-order valence-electron chi connectivity index (χ2n) is 6.26. The molecule has 24 heavy (non-hydrogen) atoms. The largest absolute Gasteiger partial charge is 1.00 e. The number of anilines is 1. The summed E-state index contributed by atoms with van der Waals surface area (Å²) in [6.45, 7) is 5.46. The molecule has 1 aromatic carbocycles. The molecule has 1 aliphatic carbocycles. The molecule has 1 fully saturated rings. The van der Waals surface area contributed by atoms with Crippen LogP contribution in [0.4, 0.5) is 5.69 Å². The summed E-state index contributed by atoms with van der Waals surface area (Å²) < 4.78 is 10.5. The van der Waals surface area contributed by atoms with Crippen molar-refractivity contribution in [1.82, 2.24) is 0 Å². The summed E-state index contributed by atoms with van der Waals surface area (Å²) >= 11 is 0. The molecule has 2 N–H and O–H groups in total. The van der Waals surface area contributed by atoms with E-state index in [1.165, 1.54) is 19.4 Å². The maximum atomic E-state index is 12.2. The van der Waals surface area contributed by atoms with E-state index >= 15 is 0 Å². The first-order valence-corrected chi connectivity index (χ1v) is 8.51. The highest BCUT2D eigenvalue weighted by molar-refractivity contribution is 5.92. The van der Waals surface area contributed by atoms with Crippen molar-refractivity contribution in [3.05, 3.63) is 18.2 Å². The lowest BCUT2D eigenvalue weighted by Crippen LogP contribution is -3.12.